The van der Waals surface area contributed by atoms with Gasteiger partial charge in [0.2, 0.25) is 7.29 Å². The molecule has 0 saturated heterocycles. The molecule has 0 aliphatic heterocycles. The lowest BCUT2D eigenvalue weighted by Crippen LogP contribution is -2.32. The number of nitrogens with one attached hydrogen (secondary N) is 2. The highest BCUT2D eigenvalue weighted by Gasteiger charge is 2.35. The van der Waals surface area contributed by atoms with Gasteiger partial charge in [0.1, 0.15) is 0 Å². The monoisotopic (exact) mass is 416 g/mol. The minimum atomic E-state index is -3.26. The second-order valence-corrected chi connectivity index (χ2v) is 12.1. The Labute approximate surface area is 171 Å². The summed E-state index contributed by atoms with van der Waals surface area (Å²) in [5.74, 6) is 0. The molecule has 2 N–H and O–H groups in total. The van der Waals surface area contributed by atoms with Crippen LogP contribution in [0.2, 0.25) is 0 Å². The zero-order valence-electron chi connectivity index (χ0n) is 15.8. The Hall–Kier alpha value is -2.70. The van der Waals surface area contributed by atoms with Crippen LogP contribution in [0, 0.1) is 5.16 Å². The first kappa shape index (κ1) is 19.6. The summed E-state index contributed by atoms with van der Waals surface area (Å²) in [4.78, 5) is 3.41. The van der Waals surface area contributed by atoms with Gasteiger partial charge in [-0.1, -0.05) is 97.1 Å². The van der Waals surface area contributed by atoms with Crippen molar-refractivity contribution in [1.29, 1.82) is 5.16 Å². The summed E-state index contributed by atoms with van der Waals surface area (Å²) in [5.41, 5.74) is 0. The average molecular weight is 416 g/mol. The molecule has 4 aromatic carbocycles. The van der Waals surface area contributed by atoms with E-state index in [0.717, 1.165) is 10.6 Å². The van der Waals surface area contributed by atoms with Gasteiger partial charge in [0.05, 0.1) is 7.21 Å². The first-order chi connectivity index (χ1) is 14.1. The molecule has 0 fully saturated rings. The summed E-state index contributed by atoms with van der Waals surface area (Å²) >= 11 is 0. The number of rotatable bonds is 6. The summed E-state index contributed by atoms with van der Waals surface area (Å²) in [6.07, 6.45) is 0. The summed E-state index contributed by atoms with van der Waals surface area (Å²) < 4.78 is 14.6. The maximum absolute atomic E-state index is 14.6. The molecule has 4 rings (SSSR count). The van der Waals surface area contributed by atoms with Gasteiger partial charge in [-0.2, -0.15) is 0 Å². The molecule has 0 aliphatic carbocycles. The van der Waals surface area contributed by atoms with Crippen molar-refractivity contribution in [3.05, 3.63) is 121 Å². The lowest BCUT2D eigenvalue weighted by Gasteiger charge is -2.31. The van der Waals surface area contributed by atoms with Crippen LogP contribution in [-0.4, -0.2) is 0 Å². The van der Waals surface area contributed by atoms with E-state index in [1.807, 2.05) is 121 Å². The molecule has 0 bridgehead atoms. The Kier molecular flexibility index (Phi) is 5.65. The van der Waals surface area contributed by atoms with Gasteiger partial charge in [0.25, 0.3) is 0 Å². The van der Waals surface area contributed by atoms with E-state index < -0.39 is 14.5 Å². The van der Waals surface area contributed by atoms with E-state index in [0.29, 0.717) is 10.6 Å². The van der Waals surface area contributed by atoms with Crippen LogP contribution < -0.4 is 26.1 Å². The highest BCUT2D eigenvalue weighted by atomic mass is 31.2. The van der Waals surface area contributed by atoms with Gasteiger partial charge in [-0.3, -0.25) is 9.73 Å². The van der Waals surface area contributed by atoms with E-state index >= 15 is 0 Å². The highest BCUT2D eigenvalue weighted by Crippen LogP contribution is 2.53. The largest absolute Gasteiger partial charge is 0.296 e. The topological polar surface area (TPSA) is 53.0 Å². The van der Waals surface area contributed by atoms with Crippen LogP contribution in [0.1, 0.15) is 0 Å². The van der Waals surface area contributed by atoms with E-state index in [4.69, 9.17) is 0 Å². The minimum Gasteiger partial charge on any atom is -0.296 e. The van der Waals surface area contributed by atoms with E-state index in [1.165, 1.54) is 0 Å². The fraction of sp³-hybridized carbons (Fsp3) is 0. The molecule has 0 amide bonds. The smallest absolute Gasteiger partial charge is 0.209 e. The maximum atomic E-state index is 14.6. The van der Waals surface area contributed by atoms with Crippen molar-refractivity contribution < 1.29 is 4.57 Å². The van der Waals surface area contributed by atoms with Gasteiger partial charge in [0, 0.05) is 21.2 Å². The zero-order valence-corrected chi connectivity index (χ0v) is 17.6. The average Bonchev–Trinajstić information content (AvgIpc) is 2.81. The van der Waals surface area contributed by atoms with Crippen LogP contribution in [0.3, 0.4) is 0 Å². The molecule has 0 radical (unpaired) electrons. The standard InChI is InChI=1S/C24H22N2OP2/c25-28(21-13-5-1-6-14-21,22-15-7-2-8-16-22)26-29(27,23-17-9-3-10-18-23)24-19-11-4-12-20-24/h1-20H,(H2,25,26,27). The van der Waals surface area contributed by atoms with Gasteiger partial charge in [0.15, 0.2) is 0 Å². The molecule has 0 unspecified atom stereocenters. The first-order valence-corrected chi connectivity index (χ1v) is 12.9. The first-order valence-electron chi connectivity index (χ1n) is 9.39. The molecule has 0 spiro atoms. The third-order valence-electron chi connectivity index (χ3n) is 4.82. The third kappa shape index (κ3) is 3.91. The van der Waals surface area contributed by atoms with Crippen LogP contribution in [0.25, 0.3) is 0 Å². The van der Waals surface area contributed by atoms with Gasteiger partial charge in [-0.25, -0.2) is 4.86 Å². The van der Waals surface area contributed by atoms with Crippen LogP contribution in [-0.2, 0) is 4.57 Å². The van der Waals surface area contributed by atoms with E-state index in [9.17, 15) is 9.73 Å². The molecule has 0 atom stereocenters. The summed E-state index contributed by atoms with van der Waals surface area (Å²) in [6, 6.07) is 38.3. The molecular weight excluding hydrogens is 394 g/mol. The van der Waals surface area contributed by atoms with Crippen molar-refractivity contribution in [2.45, 2.75) is 0 Å². The van der Waals surface area contributed by atoms with Crippen LogP contribution >= 0.6 is 14.5 Å². The van der Waals surface area contributed by atoms with Gasteiger partial charge >= 0.3 is 0 Å². The molecule has 29 heavy (non-hydrogen) atoms. The lowest BCUT2D eigenvalue weighted by atomic mass is 10.4. The minimum absolute atomic E-state index is 0.703. The van der Waals surface area contributed by atoms with Crippen molar-refractivity contribution in [2.24, 2.45) is 0 Å². The molecule has 0 saturated carbocycles. The summed E-state index contributed by atoms with van der Waals surface area (Å²) in [7, 11) is -6.15. The van der Waals surface area contributed by atoms with Crippen molar-refractivity contribution in [3.63, 3.8) is 0 Å². The molecule has 0 heterocycles. The lowest BCUT2D eigenvalue weighted by molar-refractivity contribution is 0.585. The predicted molar refractivity (Wildman–Crippen MR) is 125 cm³/mol. The predicted octanol–water partition coefficient (Wildman–Crippen LogP) is 4.85. The number of hydrogen-bond donors (Lipinski definition) is 2. The Morgan fingerprint density at radius 3 is 1.07 bits per heavy atom. The van der Waals surface area contributed by atoms with Gasteiger partial charge in [-0.05, 0) is 24.3 Å². The van der Waals surface area contributed by atoms with E-state index in [2.05, 4.69) is 4.86 Å². The maximum Gasteiger partial charge on any atom is 0.209 e. The Balaban J connectivity index is 1.93. The summed E-state index contributed by atoms with van der Waals surface area (Å²) in [6.45, 7) is 0. The van der Waals surface area contributed by atoms with Crippen LogP contribution in [0.5, 0.6) is 0 Å². The van der Waals surface area contributed by atoms with Crippen LogP contribution in [0.15, 0.2) is 121 Å². The fourth-order valence-corrected chi connectivity index (χ4v) is 9.88. The molecule has 0 aliphatic rings. The Morgan fingerprint density at radius 2 is 0.759 bits per heavy atom. The molecule has 4 aromatic rings. The van der Waals surface area contributed by atoms with Gasteiger partial charge < -0.3 is 0 Å². The molecule has 3 nitrogen and oxygen atoms in total. The summed E-state index contributed by atoms with van der Waals surface area (Å²) in [5, 5.41) is 12.7. The van der Waals surface area contributed by atoms with Gasteiger partial charge in [-0.15, -0.1) is 0 Å². The molecule has 5 heteroatoms. The van der Waals surface area contributed by atoms with Crippen molar-refractivity contribution in [2.75, 3.05) is 0 Å². The Morgan fingerprint density at radius 1 is 0.483 bits per heavy atom. The zero-order chi connectivity index (χ0) is 20.2. The normalized spacial score (nSPS) is 11.9. The van der Waals surface area contributed by atoms with E-state index in [1.54, 1.807) is 0 Å². The number of benzene rings is 4. The quantitative estimate of drug-likeness (QED) is 0.442. The third-order valence-corrected chi connectivity index (χ3v) is 11.3. The van der Waals surface area contributed by atoms with Crippen LogP contribution in [0.4, 0.5) is 0 Å². The van der Waals surface area contributed by atoms with Crippen molar-refractivity contribution >= 4 is 35.7 Å². The molecular formula is C24H22N2OP2. The van der Waals surface area contributed by atoms with Crippen molar-refractivity contribution in [1.82, 2.24) is 4.86 Å². The van der Waals surface area contributed by atoms with E-state index in [-0.39, 0.29) is 0 Å². The molecule has 144 valence electrons. The highest BCUT2D eigenvalue weighted by molar-refractivity contribution is 7.91. The second kappa shape index (κ2) is 8.35. The molecule has 0 aromatic heterocycles. The Bertz CT molecular complexity index is 983. The SMILES string of the molecule is N=P(NP(=O)(c1ccccc1)c1ccccc1)(c1ccccc1)c1ccccc1. The number of hydrogen-bond acceptors (Lipinski definition) is 2. The van der Waals surface area contributed by atoms with Crippen molar-refractivity contribution in [3.8, 4) is 0 Å². The second-order valence-electron chi connectivity index (χ2n) is 6.72. The fourth-order valence-electron chi connectivity index (χ4n) is 3.32.